The minimum absolute atomic E-state index is 0.0252. The summed E-state index contributed by atoms with van der Waals surface area (Å²) in [5.74, 6) is -0.0252. The van der Waals surface area contributed by atoms with Crippen LogP contribution in [0.1, 0.15) is 0 Å². The Hall–Kier alpha value is -2.27. The summed E-state index contributed by atoms with van der Waals surface area (Å²) in [5.41, 5.74) is 11.9. The second-order valence-electron chi connectivity index (χ2n) is 4.33. The van der Waals surface area contributed by atoms with Crippen LogP contribution in [0.4, 0.5) is 11.4 Å². The molecule has 9 nitrogen and oxygen atoms in total. The van der Waals surface area contributed by atoms with Gasteiger partial charge in [-0.25, -0.2) is 14.4 Å². The molecule has 0 aromatic heterocycles. The first-order valence-corrected chi connectivity index (χ1v) is 8.45. The third-order valence-electron chi connectivity index (χ3n) is 2.71. The highest BCUT2D eigenvalue weighted by atomic mass is 32.2. The third-order valence-corrected chi connectivity index (χ3v) is 4.13. The van der Waals surface area contributed by atoms with E-state index in [0.29, 0.717) is 10.7 Å². The van der Waals surface area contributed by atoms with Crippen LogP contribution in [0.25, 0.3) is 0 Å². The van der Waals surface area contributed by atoms with Crippen LogP contribution in [0.5, 0.6) is 0 Å². The van der Waals surface area contributed by atoms with Crippen LogP contribution in [-0.4, -0.2) is 40.6 Å². The zero-order chi connectivity index (χ0) is 16.8. The van der Waals surface area contributed by atoms with Gasteiger partial charge in [0.2, 0.25) is 0 Å². The van der Waals surface area contributed by atoms with E-state index < -0.39 is 4.92 Å². The first-order chi connectivity index (χ1) is 11.0. The molecule has 0 bridgehead atoms. The Morgan fingerprint density at radius 2 is 2.35 bits per heavy atom. The molecule has 0 spiro atoms. The minimum Gasteiger partial charge on any atom is -0.370 e. The first-order valence-electron chi connectivity index (χ1n) is 6.39. The summed E-state index contributed by atoms with van der Waals surface area (Å²) in [6.07, 6.45) is 3.38. The van der Waals surface area contributed by atoms with Gasteiger partial charge in [0.15, 0.2) is 11.5 Å². The van der Waals surface area contributed by atoms with E-state index >= 15 is 0 Å². The Kier molecular flexibility index (Phi) is 5.82. The molecule has 0 fully saturated rings. The number of nitrogens with zero attached hydrogens (tertiary/aromatic N) is 5. The molecule has 122 valence electrons. The average molecular weight is 353 g/mol. The molecule has 0 aliphatic carbocycles. The van der Waals surface area contributed by atoms with Crippen molar-refractivity contribution in [2.24, 2.45) is 25.8 Å². The number of aliphatic imine (C=N–C) groups is 2. The van der Waals surface area contributed by atoms with Crippen LogP contribution in [0.3, 0.4) is 0 Å². The van der Waals surface area contributed by atoms with Gasteiger partial charge in [-0.15, -0.1) is 11.8 Å². The molecule has 1 aromatic carbocycles. The molecule has 11 heteroatoms. The maximum atomic E-state index is 10.6. The Morgan fingerprint density at radius 1 is 1.57 bits per heavy atom. The lowest BCUT2D eigenvalue weighted by Gasteiger charge is -2.20. The molecule has 1 aromatic rings. The van der Waals surface area contributed by atoms with E-state index in [0.717, 1.165) is 5.69 Å². The maximum absolute atomic E-state index is 10.6. The topological polar surface area (TPSA) is 136 Å². The molecular weight excluding hydrogens is 338 g/mol. The van der Waals surface area contributed by atoms with E-state index in [1.165, 1.54) is 23.7 Å². The molecule has 23 heavy (non-hydrogen) atoms. The first kappa shape index (κ1) is 17.1. The number of anilines is 1. The Labute approximate surface area is 141 Å². The van der Waals surface area contributed by atoms with Crippen molar-refractivity contribution in [1.82, 2.24) is 0 Å². The maximum Gasteiger partial charge on any atom is 0.251 e. The summed E-state index contributed by atoms with van der Waals surface area (Å²) in [5, 5.41) is 11.1. The van der Waals surface area contributed by atoms with Gasteiger partial charge in [0.25, 0.3) is 6.54 Å². The van der Waals surface area contributed by atoms with E-state index in [2.05, 4.69) is 14.4 Å². The number of guanidine groups is 1. The Bertz CT molecular complexity index is 673. The van der Waals surface area contributed by atoms with Crippen LogP contribution in [0, 0.1) is 10.1 Å². The zero-order valence-corrected chi connectivity index (χ0v) is 13.8. The lowest BCUT2D eigenvalue weighted by molar-refractivity contribution is -0.462. The summed E-state index contributed by atoms with van der Waals surface area (Å²) >= 11 is 2.47. The number of hydrogen-bond acceptors (Lipinski definition) is 8. The molecule has 1 aliphatic heterocycles. The van der Waals surface area contributed by atoms with Crippen LogP contribution < -0.4 is 16.4 Å². The molecule has 0 amide bonds. The molecule has 0 saturated carbocycles. The largest absolute Gasteiger partial charge is 0.370 e. The second-order valence-corrected chi connectivity index (χ2v) is 6.06. The smallest absolute Gasteiger partial charge is 0.251 e. The fourth-order valence-electron chi connectivity index (χ4n) is 1.77. The molecule has 1 atom stereocenters. The van der Waals surface area contributed by atoms with Gasteiger partial charge in [-0.1, -0.05) is 6.07 Å². The molecule has 1 aliphatic rings. The van der Waals surface area contributed by atoms with Crippen molar-refractivity contribution in [3.8, 4) is 0 Å². The number of benzene rings is 1. The van der Waals surface area contributed by atoms with Gasteiger partial charge in [0.1, 0.15) is 11.4 Å². The quantitative estimate of drug-likeness (QED) is 0.268. The molecule has 4 N–H and O–H groups in total. The molecule has 1 unspecified atom stereocenters. The normalized spacial score (nSPS) is 17.3. The summed E-state index contributed by atoms with van der Waals surface area (Å²) in [7, 11) is 0. The van der Waals surface area contributed by atoms with Gasteiger partial charge < -0.3 is 11.5 Å². The summed E-state index contributed by atoms with van der Waals surface area (Å²) < 4.78 is 4.09. The number of thioether (sulfide) groups is 1. The van der Waals surface area contributed by atoms with Crippen molar-refractivity contribution >= 4 is 52.4 Å². The number of nitrogens with two attached hydrogens (primary N) is 2. The lowest BCUT2D eigenvalue weighted by Crippen LogP contribution is -2.31. The van der Waals surface area contributed by atoms with Gasteiger partial charge in [0, 0.05) is 22.6 Å². The summed E-state index contributed by atoms with van der Waals surface area (Å²) in [4.78, 5) is 20.4. The van der Waals surface area contributed by atoms with Crippen molar-refractivity contribution in [2.75, 3.05) is 17.7 Å². The predicted octanol–water partition coefficient (Wildman–Crippen LogP) is 1.41. The lowest BCUT2D eigenvalue weighted by atomic mass is 10.2. The monoisotopic (exact) mass is 353 g/mol. The van der Waals surface area contributed by atoms with Gasteiger partial charge in [-0.3, -0.25) is 15.0 Å². The molecular formula is C12H15N7O2S2. The van der Waals surface area contributed by atoms with Gasteiger partial charge in [-0.2, -0.15) is 0 Å². The van der Waals surface area contributed by atoms with E-state index in [1.54, 1.807) is 29.6 Å². The molecule has 2 rings (SSSR count). The SMILES string of the molecule is CSC(C[N+](=O)[O-])=Nc1cccc(N2C=NSC2N=C(N)N)c1. The predicted molar refractivity (Wildman–Crippen MR) is 97.1 cm³/mol. The van der Waals surface area contributed by atoms with Crippen molar-refractivity contribution in [3.63, 3.8) is 0 Å². The van der Waals surface area contributed by atoms with Crippen molar-refractivity contribution in [3.05, 3.63) is 34.4 Å². The molecule has 0 saturated heterocycles. The van der Waals surface area contributed by atoms with Crippen LogP contribution in [0.2, 0.25) is 0 Å². The number of rotatable bonds is 5. The van der Waals surface area contributed by atoms with Crippen molar-refractivity contribution < 1.29 is 4.92 Å². The Morgan fingerprint density at radius 3 is 3.00 bits per heavy atom. The second kappa shape index (κ2) is 7.83. The average Bonchev–Trinajstić information content (AvgIpc) is 2.93. The van der Waals surface area contributed by atoms with E-state index in [4.69, 9.17) is 11.5 Å². The van der Waals surface area contributed by atoms with E-state index in [1.807, 2.05) is 12.1 Å². The van der Waals surface area contributed by atoms with Gasteiger partial charge >= 0.3 is 0 Å². The van der Waals surface area contributed by atoms with E-state index in [-0.39, 0.29) is 18.0 Å². The highest BCUT2D eigenvalue weighted by Gasteiger charge is 2.22. The highest BCUT2D eigenvalue weighted by Crippen LogP contribution is 2.31. The fraction of sp³-hybridized carbons (Fsp3) is 0.250. The summed E-state index contributed by atoms with van der Waals surface area (Å²) in [6.45, 7) is -0.303. The van der Waals surface area contributed by atoms with Gasteiger partial charge in [-0.05, 0) is 24.5 Å². The van der Waals surface area contributed by atoms with E-state index in [9.17, 15) is 10.1 Å². The highest BCUT2D eigenvalue weighted by molar-refractivity contribution is 8.13. The molecule has 1 heterocycles. The van der Waals surface area contributed by atoms with Crippen LogP contribution in [-0.2, 0) is 0 Å². The Balaban J connectivity index is 2.26. The number of hydrogen-bond donors (Lipinski definition) is 2. The van der Waals surface area contributed by atoms with Gasteiger partial charge in [0.05, 0.1) is 5.69 Å². The standard InChI is InChI=1S/C12H15N7O2S2/c1-22-10(6-19(20)21)16-8-3-2-4-9(5-8)18-7-15-23-12(18)17-11(13)14/h2-5,7,12H,6H2,1H3,(H4,13,14,17). The minimum atomic E-state index is -0.405. The fourth-order valence-corrected chi connectivity index (χ4v) is 2.91. The zero-order valence-electron chi connectivity index (χ0n) is 12.2. The number of nitro groups is 1. The summed E-state index contributed by atoms with van der Waals surface area (Å²) in [6, 6.07) is 7.24. The van der Waals surface area contributed by atoms with Crippen LogP contribution in [0.15, 0.2) is 38.6 Å². The third kappa shape index (κ3) is 4.86. The molecule has 0 radical (unpaired) electrons. The van der Waals surface area contributed by atoms with Crippen molar-refractivity contribution in [1.29, 1.82) is 0 Å². The van der Waals surface area contributed by atoms with Crippen molar-refractivity contribution in [2.45, 2.75) is 5.50 Å². The van der Waals surface area contributed by atoms with Crippen LogP contribution >= 0.6 is 23.7 Å².